The highest BCUT2D eigenvalue weighted by Gasteiger charge is 2.74. The van der Waals surface area contributed by atoms with Crippen LogP contribution in [0, 0.1) is 17.8 Å². The van der Waals surface area contributed by atoms with E-state index in [-0.39, 0.29) is 18.4 Å². The topological polar surface area (TPSA) is 130 Å². The van der Waals surface area contributed by atoms with Gasteiger partial charge in [0.15, 0.2) is 11.5 Å². The van der Waals surface area contributed by atoms with Crippen LogP contribution in [0.3, 0.4) is 0 Å². The first kappa shape index (κ1) is 41.1. The maximum absolute atomic E-state index is 16.0. The van der Waals surface area contributed by atoms with Gasteiger partial charge in [0.2, 0.25) is 18.6 Å². The Bertz CT molecular complexity index is 2890. The Hall–Kier alpha value is -7.59. The molecule has 2 amide bonds. The average Bonchev–Trinajstić information content (AvgIpc) is 4.04. The Morgan fingerprint density at radius 1 is 0.742 bits per heavy atom. The molecule has 6 atom stereocenters. The fraction of sp³-hybridized carbons (Fsp3) is 0.241. The number of hydrogen-bond acceptors (Lipinski definition) is 10. The summed E-state index contributed by atoms with van der Waals surface area (Å²) in [5, 5.41) is 13.9. The molecule has 3 fully saturated rings. The lowest BCUT2D eigenvalue weighted by Crippen LogP contribution is -2.58. The molecule has 0 saturated carbocycles. The van der Waals surface area contributed by atoms with Crippen LogP contribution < -0.4 is 19.5 Å². The van der Waals surface area contributed by atoms with Gasteiger partial charge in [-0.25, -0.2) is 0 Å². The van der Waals surface area contributed by atoms with Gasteiger partial charge in [0, 0.05) is 49.5 Å². The Morgan fingerprint density at radius 2 is 1.42 bits per heavy atom. The number of nitrogens with zero attached hydrogens (tertiary/aromatic N) is 3. The second-order valence-electron chi connectivity index (χ2n) is 17.3. The zero-order valence-corrected chi connectivity index (χ0v) is 36.1. The molecule has 66 heavy (non-hydrogen) atoms. The number of esters is 1. The van der Waals surface area contributed by atoms with E-state index in [1.807, 2.05) is 126 Å². The van der Waals surface area contributed by atoms with E-state index in [1.165, 1.54) is 0 Å². The number of aromatic hydroxyl groups is 1. The minimum Gasteiger partial charge on any atom is -0.508 e. The highest BCUT2D eigenvalue weighted by Crippen LogP contribution is 2.65. The number of amides is 2. The molecule has 6 unspecified atom stereocenters. The van der Waals surface area contributed by atoms with Crippen LogP contribution in [-0.4, -0.2) is 83.7 Å². The van der Waals surface area contributed by atoms with Crippen LogP contribution in [0.15, 0.2) is 146 Å². The van der Waals surface area contributed by atoms with Crippen molar-refractivity contribution in [2.75, 3.05) is 45.4 Å². The third-order valence-corrected chi connectivity index (χ3v) is 13.8. The Morgan fingerprint density at radius 3 is 2.15 bits per heavy atom. The molecule has 5 heterocycles. The third-order valence-electron chi connectivity index (χ3n) is 13.8. The number of morpholine rings is 1. The summed E-state index contributed by atoms with van der Waals surface area (Å²) in [7, 11) is 1.61. The van der Waals surface area contributed by atoms with Crippen molar-refractivity contribution in [1.29, 1.82) is 0 Å². The number of hydrogen-bond donors (Lipinski definition) is 2. The molecular weight excluding hydrogens is 833 g/mol. The largest absolute Gasteiger partial charge is 0.508 e. The normalized spacial score (nSPS) is 24.2. The van der Waals surface area contributed by atoms with Gasteiger partial charge in [-0.3, -0.25) is 24.2 Å². The minimum atomic E-state index is -1.67. The second-order valence-corrected chi connectivity index (χ2v) is 17.3. The number of ether oxygens (including phenoxy) is 4. The number of rotatable bonds is 7. The Kier molecular flexibility index (Phi) is 10.4. The summed E-state index contributed by atoms with van der Waals surface area (Å²) < 4.78 is 23.1. The van der Waals surface area contributed by atoms with Gasteiger partial charge in [-0.15, -0.1) is 0 Å². The predicted octanol–water partition coefficient (Wildman–Crippen LogP) is 7.14. The number of fused-ring (bicyclic) bond motifs is 4. The molecule has 6 aromatic rings. The molecule has 12 heteroatoms. The van der Waals surface area contributed by atoms with Gasteiger partial charge >= 0.3 is 5.97 Å². The van der Waals surface area contributed by atoms with Crippen LogP contribution in [0.1, 0.15) is 57.1 Å². The fourth-order valence-corrected chi connectivity index (χ4v) is 10.7. The summed E-state index contributed by atoms with van der Waals surface area (Å²) >= 11 is 0. The van der Waals surface area contributed by atoms with Crippen LogP contribution in [0.5, 0.6) is 23.0 Å². The quantitative estimate of drug-likeness (QED) is 0.126. The SMILES string of the molecule is COc1ccc(C#Cc2ccc3c(c2)C2(C(=O)N3)C(C(=O)N3CCN(Cc4ccc5c(c4)OCO5)CC3)C3C(=O)OC(c4ccccc4)C(c4ccccc4)N3C2c2ccc(O)cc2)cc1. The maximum Gasteiger partial charge on any atom is 0.324 e. The molecule has 5 aliphatic rings. The van der Waals surface area contributed by atoms with Gasteiger partial charge in [0.1, 0.15) is 29.1 Å². The fourth-order valence-electron chi connectivity index (χ4n) is 10.7. The average molecular weight is 879 g/mol. The van der Waals surface area contributed by atoms with Gasteiger partial charge in [-0.05, 0) is 94.5 Å². The molecular formula is C54H46N4O8. The zero-order valence-electron chi connectivity index (χ0n) is 36.1. The number of phenols is 1. The van der Waals surface area contributed by atoms with Gasteiger partial charge in [0.05, 0.1) is 25.1 Å². The summed E-state index contributed by atoms with van der Waals surface area (Å²) in [5.74, 6) is 6.22. The van der Waals surface area contributed by atoms with E-state index in [0.29, 0.717) is 66.6 Å². The van der Waals surface area contributed by atoms with E-state index in [2.05, 4.69) is 27.0 Å². The van der Waals surface area contributed by atoms with Crippen molar-refractivity contribution in [3.63, 3.8) is 0 Å². The molecule has 0 aromatic heterocycles. The molecule has 330 valence electrons. The van der Waals surface area contributed by atoms with E-state index < -0.39 is 47.4 Å². The third kappa shape index (κ3) is 6.99. The van der Waals surface area contributed by atoms with Gasteiger partial charge in [0.25, 0.3) is 0 Å². The van der Waals surface area contributed by atoms with Crippen molar-refractivity contribution in [3.8, 4) is 34.8 Å². The van der Waals surface area contributed by atoms with E-state index in [0.717, 1.165) is 28.0 Å². The van der Waals surface area contributed by atoms with Crippen molar-refractivity contribution in [2.24, 2.45) is 5.92 Å². The highest BCUT2D eigenvalue weighted by molar-refractivity contribution is 6.12. The maximum atomic E-state index is 16.0. The number of carbonyl (C=O) groups excluding carboxylic acids is 3. The summed E-state index contributed by atoms with van der Waals surface area (Å²) in [6, 6.07) is 42.4. The van der Waals surface area contributed by atoms with Crippen LogP contribution in [0.2, 0.25) is 0 Å². The summed E-state index contributed by atoms with van der Waals surface area (Å²) in [5.41, 5.74) is 4.17. The number of anilines is 1. The number of benzene rings is 6. The van der Waals surface area contributed by atoms with E-state index in [9.17, 15) is 5.11 Å². The molecule has 2 N–H and O–H groups in total. The molecule has 12 nitrogen and oxygen atoms in total. The molecule has 0 radical (unpaired) electrons. The van der Waals surface area contributed by atoms with E-state index >= 15 is 14.4 Å². The molecule has 6 aromatic carbocycles. The van der Waals surface area contributed by atoms with Crippen LogP contribution >= 0.6 is 0 Å². The van der Waals surface area contributed by atoms with Crippen molar-refractivity contribution < 1.29 is 38.4 Å². The molecule has 3 saturated heterocycles. The monoisotopic (exact) mass is 878 g/mol. The molecule has 11 rings (SSSR count). The lowest BCUT2D eigenvalue weighted by molar-refractivity contribution is -0.179. The smallest absolute Gasteiger partial charge is 0.324 e. The number of piperazine rings is 1. The molecule has 1 spiro atoms. The van der Waals surface area contributed by atoms with Crippen LogP contribution in [-0.2, 0) is 31.1 Å². The van der Waals surface area contributed by atoms with E-state index in [1.54, 1.807) is 31.4 Å². The lowest BCUT2D eigenvalue weighted by atomic mass is 9.65. The van der Waals surface area contributed by atoms with Crippen molar-refractivity contribution in [1.82, 2.24) is 14.7 Å². The first-order valence-corrected chi connectivity index (χ1v) is 22.2. The minimum absolute atomic E-state index is 0.0424. The van der Waals surface area contributed by atoms with Gasteiger partial charge in [-0.2, -0.15) is 0 Å². The van der Waals surface area contributed by atoms with Crippen molar-refractivity contribution >= 4 is 23.5 Å². The lowest BCUT2D eigenvalue weighted by Gasteiger charge is -2.46. The summed E-state index contributed by atoms with van der Waals surface area (Å²) in [4.78, 5) is 53.1. The van der Waals surface area contributed by atoms with Gasteiger partial charge < -0.3 is 34.3 Å². The summed E-state index contributed by atoms with van der Waals surface area (Å²) in [6.07, 6.45) is -0.798. The number of carbonyl (C=O) groups is 3. The Balaban J connectivity index is 1.06. The molecule has 5 aliphatic heterocycles. The number of phenolic OH excluding ortho intramolecular Hbond substituents is 1. The molecule has 0 aliphatic carbocycles. The summed E-state index contributed by atoms with van der Waals surface area (Å²) in [6.45, 7) is 2.72. The van der Waals surface area contributed by atoms with Crippen molar-refractivity contribution in [3.05, 3.63) is 185 Å². The standard InChI is InChI=1S/C54H46N4O8/c1-63-41-22-14-34(15-23-41)12-13-35-16-24-43-42(30-35)54(53(62)55-43)46(51(60)57-28-26-56(27-29-57)32-36-17-25-44-45(31-36)65-33-64-44)48-52(61)66-49(38-10-6-3-7-11-38)47(37-8-4-2-5-9-37)58(48)50(54)39-18-20-40(59)21-19-39/h2-11,14-25,30-31,46-50,59H,26-29,32-33H2,1H3,(H,55,62). The van der Waals surface area contributed by atoms with E-state index in [4.69, 9.17) is 18.9 Å². The van der Waals surface area contributed by atoms with Crippen molar-refractivity contribution in [2.45, 2.75) is 36.2 Å². The highest BCUT2D eigenvalue weighted by atomic mass is 16.7. The second kappa shape index (κ2) is 16.8. The first-order valence-electron chi connectivity index (χ1n) is 22.2. The van der Waals surface area contributed by atoms with Crippen LogP contribution in [0.25, 0.3) is 0 Å². The number of cyclic esters (lactones) is 1. The zero-order chi connectivity index (χ0) is 44.9. The molecule has 0 bridgehead atoms. The first-order chi connectivity index (χ1) is 32.3. The van der Waals surface area contributed by atoms with Crippen LogP contribution in [0.4, 0.5) is 5.69 Å². The predicted molar refractivity (Wildman–Crippen MR) is 245 cm³/mol. The number of nitrogens with one attached hydrogen (secondary N) is 1. The Labute approximate surface area is 382 Å². The van der Waals surface area contributed by atoms with Gasteiger partial charge in [-0.1, -0.05) is 90.7 Å². The number of methoxy groups -OCH3 is 1.